The zero-order valence-electron chi connectivity index (χ0n) is 11.3. The molecule has 7 nitrogen and oxygen atoms in total. The Bertz CT molecular complexity index is 816. The van der Waals surface area contributed by atoms with Crippen LogP contribution in [-0.2, 0) is 4.84 Å². The van der Waals surface area contributed by atoms with Gasteiger partial charge < -0.3 is 5.73 Å². The first-order chi connectivity index (χ1) is 10.7. The van der Waals surface area contributed by atoms with Gasteiger partial charge in [0.2, 0.25) is 0 Å². The minimum Gasteiger partial charge on any atom is -0.328 e. The van der Waals surface area contributed by atoms with Gasteiger partial charge in [0.1, 0.15) is 10.0 Å². The number of pyridine rings is 1. The molecule has 0 saturated carbocycles. The minimum absolute atomic E-state index is 0.215. The summed E-state index contributed by atoms with van der Waals surface area (Å²) in [6.45, 7) is 0.540. The normalized spacial score (nSPS) is 11.0. The third-order valence-electron chi connectivity index (χ3n) is 2.85. The molecule has 0 bridgehead atoms. The number of halogens is 1. The van der Waals surface area contributed by atoms with Crippen LogP contribution in [0.5, 0.6) is 0 Å². The summed E-state index contributed by atoms with van der Waals surface area (Å²) in [4.78, 5) is 21.1. The molecule has 0 fully saturated rings. The molecule has 0 saturated heterocycles. The number of hydrogen-bond acceptors (Lipinski definition) is 6. The SMILES string of the molecule is NCCONC(=O)c1nc(-c2cnn3ccccc23)c(Cl)s1. The summed E-state index contributed by atoms with van der Waals surface area (Å²) in [7, 11) is 0. The first-order valence-corrected chi connectivity index (χ1v) is 7.61. The van der Waals surface area contributed by atoms with Crippen molar-refractivity contribution in [2.24, 2.45) is 5.73 Å². The fourth-order valence-corrected chi connectivity index (χ4v) is 2.96. The molecule has 0 atom stereocenters. The van der Waals surface area contributed by atoms with Crippen LogP contribution >= 0.6 is 22.9 Å². The molecule has 1 amide bonds. The largest absolute Gasteiger partial charge is 0.328 e. The molecule has 0 aromatic carbocycles. The van der Waals surface area contributed by atoms with E-state index in [2.05, 4.69) is 15.6 Å². The number of carbonyl (C=O) groups is 1. The van der Waals surface area contributed by atoms with Crippen LogP contribution in [0.2, 0.25) is 4.34 Å². The summed E-state index contributed by atoms with van der Waals surface area (Å²) >= 11 is 7.30. The van der Waals surface area contributed by atoms with Crippen LogP contribution in [0.4, 0.5) is 0 Å². The molecule has 0 aliphatic carbocycles. The van der Waals surface area contributed by atoms with Crippen LogP contribution in [0.1, 0.15) is 9.80 Å². The van der Waals surface area contributed by atoms with Crippen molar-refractivity contribution in [1.82, 2.24) is 20.1 Å². The molecule has 3 heterocycles. The topological polar surface area (TPSA) is 94.5 Å². The third-order valence-corrected chi connectivity index (χ3v) is 4.10. The summed E-state index contributed by atoms with van der Waals surface area (Å²) < 4.78 is 2.14. The highest BCUT2D eigenvalue weighted by atomic mass is 35.5. The molecule has 0 radical (unpaired) electrons. The van der Waals surface area contributed by atoms with E-state index in [1.54, 1.807) is 10.7 Å². The van der Waals surface area contributed by atoms with E-state index in [9.17, 15) is 4.79 Å². The van der Waals surface area contributed by atoms with Crippen LogP contribution in [0.15, 0.2) is 30.6 Å². The van der Waals surface area contributed by atoms with Gasteiger partial charge in [-0.2, -0.15) is 5.10 Å². The average molecular weight is 338 g/mol. The van der Waals surface area contributed by atoms with E-state index in [1.807, 2.05) is 24.4 Å². The fraction of sp³-hybridized carbons (Fsp3) is 0.154. The standard InChI is InChI=1S/C13H12ClN5O2S/c14-11-10(8-7-16-19-5-2-1-3-9(8)19)17-13(22-11)12(20)18-21-6-4-15/h1-3,5,7H,4,6,15H2,(H,18,20). The highest BCUT2D eigenvalue weighted by Gasteiger charge is 2.19. The van der Waals surface area contributed by atoms with Gasteiger partial charge in [-0.1, -0.05) is 29.0 Å². The smallest absolute Gasteiger partial charge is 0.303 e. The lowest BCUT2D eigenvalue weighted by Gasteiger charge is -2.01. The lowest BCUT2D eigenvalue weighted by Crippen LogP contribution is -2.26. The number of aromatic nitrogens is 3. The maximum absolute atomic E-state index is 11.9. The maximum atomic E-state index is 11.9. The van der Waals surface area contributed by atoms with Gasteiger partial charge in [0.05, 0.1) is 18.3 Å². The van der Waals surface area contributed by atoms with Gasteiger partial charge in [-0.05, 0) is 12.1 Å². The molecule has 0 unspecified atom stereocenters. The second-order valence-corrected chi connectivity index (χ2v) is 5.90. The zero-order chi connectivity index (χ0) is 15.5. The van der Waals surface area contributed by atoms with Gasteiger partial charge in [0.15, 0.2) is 5.01 Å². The van der Waals surface area contributed by atoms with Crippen LogP contribution in [0.3, 0.4) is 0 Å². The Labute approximate surface area is 134 Å². The van der Waals surface area contributed by atoms with Crippen LogP contribution in [-0.4, -0.2) is 33.7 Å². The van der Waals surface area contributed by atoms with Crippen LogP contribution in [0.25, 0.3) is 16.8 Å². The van der Waals surface area contributed by atoms with Crippen LogP contribution < -0.4 is 11.2 Å². The molecule has 0 aliphatic heterocycles. The Morgan fingerprint density at radius 3 is 3.18 bits per heavy atom. The Morgan fingerprint density at radius 2 is 2.36 bits per heavy atom. The second kappa shape index (κ2) is 6.41. The van der Waals surface area contributed by atoms with E-state index >= 15 is 0 Å². The third kappa shape index (κ3) is 2.81. The predicted molar refractivity (Wildman–Crippen MR) is 83.8 cm³/mol. The average Bonchev–Trinajstić information content (AvgIpc) is 3.10. The Hall–Kier alpha value is -2.00. The van der Waals surface area contributed by atoms with Gasteiger partial charge >= 0.3 is 5.91 Å². The Kier molecular flexibility index (Phi) is 4.34. The number of nitrogens with one attached hydrogen (secondary N) is 1. The molecule has 0 spiro atoms. The van der Waals surface area contributed by atoms with Crippen molar-refractivity contribution in [2.75, 3.05) is 13.2 Å². The number of nitrogens with two attached hydrogens (primary N) is 1. The van der Waals surface area contributed by atoms with Crippen molar-refractivity contribution in [3.05, 3.63) is 39.9 Å². The van der Waals surface area contributed by atoms with E-state index in [0.29, 0.717) is 16.6 Å². The number of amides is 1. The quantitative estimate of drug-likeness (QED) is 0.546. The summed E-state index contributed by atoms with van der Waals surface area (Å²) in [5, 5.41) is 4.45. The number of hydroxylamine groups is 1. The van der Waals surface area contributed by atoms with Crippen molar-refractivity contribution in [2.45, 2.75) is 0 Å². The van der Waals surface area contributed by atoms with E-state index < -0.39 is 5.91 Å². The molecule has 3 N–H and O–H groups in total. The molecule has 22 heavy (non-hydrogen) atoms. The van der Waals surface area contributed by atoms with Crippen molar-refractivity contribution in [3.63, 3.8) is 0 Å². The molecule has 3 aromatic heterocycles. The van der Waals surface area contributed by atoms with Crippen molar-refractivity contribution in [3.8, 4) is 11.3 Å². The number of thiazole rings is 1. The summed E-state index contributed by atoms with van der Waals surface area (Å²) in [6.07, 6.45) is 3.50. The van der Waals surface area contributed by atoms with E-state index in [0.717, 1.165) is 22.4 Å². The number of fused-ring (bicyclic) bond motifs is 1. The molecule has 3 rings (SSSR count). The van der Waals surface area contributed by atoms with Crippen molar-refractivity contribution in [1.29, 1.82) is 0 Å². The predicted octanol–water partition coefficient (Wildman–Crippen LogP) is 1.73. The molecular formula is C13H12ClN5O2S. The lowest BCUT2D eigenvalue weighted by molar-refractivity contribution is 0.0343. The van der Waals surface area contributed by atoms with Crippen molar-refractivity contribution >= 4 is 34.4 Å². The lowest BCUT2D eigenvalue weighted by atomic mass is 10.2. The van der Waals surface area contributed by atoms with Crippen LogP contribution in [0, 0.1) is 0 Å². The number of rotatable bonds is 5. The first-order valence-electron chi connectivity index (χ1n) is 6.42. The Morgan fingerprint density at radius 1 is 1.50 bits per heavy atom. The van der Waals surface area contributed by atoms with Gasteiger partial charge in [-0.3, -0.25) is 9.63 Å². The highest BCUT2D eigenvalue weighted by molar-refractivity contribution is 7.18. The van der Waals surface area contributed by atoms with Gasteiger partial charge in [-0.15, -0.1) is 0 Å². The molecule has 114 valence electrons. The van der Waals surface area contributed by atoms with E-state index in [1.165, 1.54) is 0 Å². The Balaban J connectivity index is 1.91. The fourth-order valence-electron chi connectivity index (χ4n) is 1.90. The number of nitrogens with zero attached hydrogens (tertiary/aromatic N) is 3. The first kappa shape index (κ1) is 14.9. The zero-order valence-corrected chi connectivity index (χ0v) is 12.9. The highest BCUT2D eigenvalue weighted by Crippen LogP contribution is 2.34. The molecular weight excluding hydrogens is 326 g/mol. The summed E-state index contributed by atoms with van der Waals surface area (Å²) in [5.41, 5.74) is 9.71. The monoisotopic (exact) mass is 337 g/mol. The van der Waals surface area contributed by atoms with Gasteiger partial charge in [-0.25, -0.2) is 15.0 Å². The minimum atomic E-state index is -0.455. The second-order valence-electron chi connectivity index (χ2n) is 4.30. The number of carbonyl (C=O) groups excluding carboxylic acids is 1. The summed E-state index contributed by atoms with van der Waals surface area (Å²) in [6, 6.07) is 5.68. The van der Waals surface area contributed by atoms with Gasteiger partial charge in [0.25, 0.3) is 0 Å². The maximum Gasteiger partial charge on any atom is 0.303 e. The molecule has 0 aliphatic rings. The summed E-state index contributed by atoms with van der Waals surface area (Å²) in [5.74, 6) is -0.455. The van der Waals surface area contributed by atoms with E-state index in [-0.39, 0.29) is 11.6 Å². The van der Waals surface area contributed by atoms with E-state index in [4.69, 9.17) is 22.2 Å². The van der Waals surface area contributed by atoms with Gasteiger partial charge in [0, 0.05) is 18.3 Å². The molecule has 3 aromatic rings. The van der Waals surface area contributed by atoms with Crippen molar-refractivity contribution < 1.29 is 9.63 Å². The molecule has 9 heteroatoms. The number of hydrogen-bond donors (Lipinski definition) is 2.